The highest BCUT2D eigenvalue weighted by Gasteiger charge is 2.63. The van der Waals surface area contributed by atoms with Crippen LogP contribution >= 0.6 is 11.6 Å². The molecule has 0 aromatic heterocycles. The minimum absolute atomic E-state index is 0.0131. The molecule has 2 aromatic rings. The summed E-state index contributed by atoms with van der Waals surface area (Å²) in [5.41, 5.74) is -0.546. The summed E-state index contributed by atoms with van der Waals surface area (Å²) in [6.07, 6.45) is 0.943. The number of fused-ring (bicyclic) bond motifs is 6. The molecular formula is C30H29ClF2N4O4. The lowest BCUT2D eigenvalue weighted by Gasteiger charge is -2.54. The molecule has 3 amide bonds. The Bertz CT molecular complexity index is 1480. The van der Waals surface area contributed by atoms with Crippen molar-refractivity contribution in [2.24, 2.45) is 11.8 Å². The van der Waals surface area contributed by atoms with Gasteiger partial charge in [0.25, 0.3) is 11.8 Å². The van der Waals surface area contributed by atoms with Crippen molar-refractivity contribution in [3.05, 3.63) is 58.6 Å². The normalized spacial score (nSPS) is 30.0. The van der Waals surface area contributed by atoms with Crippen LogP contribution < -0.4 is 10.6 Å². The van der Waals surface area contributed by atoms with Crippen LogP contribution in [0.25, 0.3) is 11.1 Å². The predicted molar refractivity (Wildman–Crippen MR) is 144 cm³/mol. The molecule has 2 bridgehead atoms. The Morgan fingerprint density at radius 2 is 1.93 bits per heavy atom. The molecule has 8 nitrogen and oxygen atoms in total. The molecule has 0 spiro atoms. The van der Waals surface area contributed by atoms with E-state index in [2.05, 4.69) is 10.6 Å². The lowest BCUT2D eigenvalue weighted by Crippen LogP contribution is -2.70. The summed E-state index contributed by atoms with van der Waals surface area (Å²) in [5, 5.41) is 27.6. The van der Waals surface area contributed by atoms with Crippen molar-refractivity contribution in [3.63, 3.8) is 0 Å². The average molecular weight is 583 g/mol. The Morgan fingerprint density at radius 1 is 1.17 bits per heavy atom. The van der Waals surface area contributed by atoms with Gasteiger partial charge in [-0.3, -0.25) is 14.4 Å². The van der Waals surface area contributed by atoms with E-state index in [1.54, 1.807) is 36.4 Å². The summed E-state index contributed by atoms with van der Waals surface area (Å²) in [7, 11) is 0. The molecule has 0 radical (unpaired) electrons. The number of rotatable bonds is 5. The summed E-state index contributed by atoms with van der Waals surface area (Å²) in [6.45, 7) is 0.538. The molecule has 1 saturated carbocycles. The van der Waals surface area contributed by atoms with Gasteiger partial charge >= 0.3 is 0 Å². The topological polar surface area (TPSA) is 123 Å². The maximum absolute atomic E-state index is 15.3. The summed E-state index contributed by atoms with van der Waals surface area (Å²) in [5.74, 6) is -7.19. The molecular weight excluding hydrogens is 554 g/mol. The van der Waals surface area contributed by atoms with Crippen molar-refractivity contribution in [1.82, 2.24) is 15.5 Å². The average Bonchev–Trinajstić information content (AvgIpc) is 3.21. The molecule has 3 aliphatic heterocycles. The van der Waals surface area contributed by atoms with E-state index in [1.807, 2.05) is 6.07 Å². The number of nitrogens with zero attached hydrogens (tertiary/aromatic N) is 2. The quantitative estimate of drug-likeness (QED) is 0.498. The Kier molecular flexibility index (Phi) is 6.78. The van der Waals surface area contributed by atoms with Crippen LogP contribution in [0.2, 0.25) is 5.02 Å². The van der Waals surface area contributed by atoms with Crippen LogP contribution in [0.15, 0.2) is 42.5 Å². The molecule has 2 aromatic carbocycles. The van der Waals surface area contributed by atoms with E-state index in [0.29, 0.717) is 24.1 Å². The maximum Gasteiger partial charge on any atom is 0.264 e. The number of aliphatic hydroxyl groups is 1. The number of hydrogen-bond donors (Lipinski definition) is 3. The second kappa shape index (κ2) is 10.1. The van der Waals surface area contributed by atoms with E-state index >= 15 is 8.78 Å². The van der Waals surface area contributed by atoms with Gasteiger partial charge in [-0.1, -0.05) is 41.9 Å². The predicted octanol–water partition coefficient (Wildman–Crippen LogP) is 3.50. The van der Waals surface area contributed by atoms with Crippen LogP contribution in [-0.2, 0) is 20.0 Å². The molecule has 0 unspecified atom stereocenters. The lowest BCUT2D eigenvalue weighted by atomic mass is 9.70. The molecule has 5 aliphatic rings. The van der Waals surface area contributed by atoms with Crippen LogP contribution in [0.4, 0.5) is 8.78 Å². The molecule has 3 N–H and O–H groups in total. The van der Waals surface area contributed by atoms with Crippen molar-refractivity contribution in [2.45, 2.75) is 68.2 Å². The lowest BCUT2D eigenvalue weighted by molar-refractivity contribution is -0.201. The number of halogens is 3. The van der Waals surface area contributed by atoms with Crippen molar-refractivity contribution in [2.75, 3.05) is 6.54 Å². The van der Waals surface area contributed by atoms with E-state index < -0.39 is 59.7 Å². The largest absolute Gasteiger partial charge is 0.372 e. The number of amides is 3. The van der Waals surface area contributed by atoms with E-state index in [1.165, 1.54) is 6.07 Å². The van der Waals surface area contributed by atoms with E-state index in [4.69, 9.17) is 11.6 Å². The fourth-order valence-corrected chi connectivity index (χ4v) is 7.36. The summed E-state index contributed by atoms with van der Waals surface area (Å²) in [4.78, 5) is 41.6. The second-order valence-electron chi connectivity index (χ2n) is 11.5. The highest BCUT2D eigenvalue weighted by Crippen LogP contribution is 2.54. The number of nitriles is 1. The van der Waals surface area contributed by atoms with Gasteiger partial charge in [-0.25, -0.2) is 8.78 Å². The Labute approximate surface area is 240 Å². The summed E-state index contributed by atoms with van der Waals surface area (Å²) < 4.78 is 30.6. The molecule has 7 rings (SSSR count). The number of piperidine rings is 3. The van der Waals surface area contributed by atoms with Gasteiger partial charge in [0.05, 0.1) is 12.0 Å². The Hall–Kier alpha value is -3.55. The Morgan fingerprint density at radius 3 is 2.66 bits per heavy atom. The van der Waals surface area contributed by atoms with Gasteiger partial charge in [0, 0.05) is 41.1 Å². The molecule has 6 atom stereocenters. The first-order valence-corrected chi connectivity index (χ1v) is 14.2. The highest BCUT2D eigenvalue weighted by atomic mass is 35.5. The van der Waals surface area contributed by atoms with Crippen molar-refractivity contribution in [3.8, 4) is 17.2 Å². The van der Waals surface area contributed by atoms with Crippen molar-refractivity contribution < 1.29 is 28.3 Å². The number of benzene rings is 2. The first-order chi connectivity index (χ1) is 19.6. The third kappa shape index (κ3) is 4.37. The second-order valence-corrected chi connectivity index (χ2v) is 11.9. The zero-order chi connectivity index (χ0) is 29.1. The van der Waals surface area contributed by atoms with Crippen LogP contribution in [0.5, 0.6) is 0 Å². The van der Waals surface area contributed by atoms with Gasteiger partial charge in [0.15, 0.2) is 5.60 Å². The van der Waals surface area contributed by atoms with Gasteiger partial charge in [-0.05, 0) is 55.4 Å². The van der Waals surface area contributed by atoms with Crippen LogP contribution in [-0.4, -0.2) is 58.3 Å². The number of alkyl halides is 2. The fraction of sp³-hybridized carbons (Fsp3) is 0.467. The monoisotopic (exact) mass is 582 g/mol. The third-order valence-electron chi connectivity index (χ3n) is 9.12. The molecule has 214 valence electrons. The molecule has 11 heteroatoms. The minimum Gasteiger partial charge on any atom is -0.372 e. The number of carbonyl (C=O) groups is 3. The van der Waals surface area contributed by atoms with Gasteiger partial charge in [0.2, 0.25) is 11.8 Å². The molecule has 3 saturated heterocycles. The van der Waals surface area contributed by atoms with E-state index in [-0.39, 0.29) is 41.3 Å². The SMILES string of the molecule is N#C[C@H](C[C@H]1CCCNC1=O)NC(=O)[C@H]1[C@H]2CC[C@H](CC2(F)F)N1C(=O)[C@@]1(O)c2ccccc2-c2ccc(Cl)cc21. The van der Waals surface area contributed by atoms with Crippen molar-refractivity contribution >= 4 is 29.3 Å². The van der Waals surface area contributed by atoms with E-state index in [0.717, 1.165) is 11.3 Å². The van der Waals surface area contributed by atoms with Gasteiger partial charge in [0.1, 0.15) is 12.1 Å². The minimum atomic E-state index is -3.22. The van der Waals surface area contributed by atoms with Crippen molar-refractivity contribution in [1.29, 1.82) is 5.26 Å². The third-order valence-corrected chi connectivity index (χ3v) is 9.35. The van der Waals surface area contributed by atoms with Crippen LogP contribution in [0.3, 0.4) is 0 Å². The number of carbonyl (C=O) groups excluding carboxylic acids is 3. The standard InChI is InChI=1S/C30H29ClF2N4O4/c31-17-7-9-21-20-5-1-2-6-22(20)30(41,24(21)13-17)28(40)37-19-8-10-23(29(32,33)14-19)25(37)27(39)36-18(15-34)12-16-4-3-11-35-26(16)38/h1-2,5-7,9,13,16,18-19,23,25,41H,3-4,8,10-12,14H2,(H,35,38)(H,36,39)/t16-,18+,19-,23-,25-,30-/m1/s1. The first kappa shape index (κ1) is 27.6. The number of hydrogen-bond acceptors (Lipinski definition) is 5. The molecule has 41 heavy (non-hydrogen) atoms. The summed E-state index contributed by atoms with van der Waals surface area (Å²) >= 11 is 6.27. The first-order valence-electron chi connectivity index (χ1n) is 13.9. The van der Waals surface area contributed by atoms with Gasteiger partial charge in [-0.2, -0.15) is 5.26 Å². The summed E-state index contributed by atoms with van der Waals surface area (Å²) in [6, 6.07) is 9.88. The Balaban J connectivity index is 1.36. The highest BCUT2D eigenvalue weighted by molar-refractivity contribution is 6.31. The van der Waals surface area contributed by atoms with Crippen LogP contribution in [0.1, 0.15) is 49.7 Å². The zero-order valence-corrected chi connectivity index (χ0v) is 22.8. The maximum atomic E-state index is 15.3. The molecule has 4 fully saturated rings. The number of nitrogens with one attached hydrogen (secondary N) is 2. The van der Waals surface area contributed by atoms with Gasteiger partial charge in [-0.15, -0.1) is 0 Å². The molecule has 2 aliphatic carbocycles. The molecule has 3 heterocycles. The van der Waals surface area contributed by atoms with Crippen LogP contribution in [0, 0.1) is 23.2 Å². The fourth-order valence-electron chi connectivity index (χ4n) is 7.19. The van der Waals surface area contributed by atoms with E-state index in [9.17, 15) is 24.8 Å². The van der Waals surface area contributed by atoms with Gasteiger partial charge < -0.3 is 20.6 Å². The smallest absolute Gasteiger partial charge is 0.264 e. The zero-order valence-electron chi connectivity index (χ0n) is 22.1.